The van der Waals surface area contributed by atoms with Gasteiger partial charge in [0.1, 0.15) is 0 Å². The highest BCUT2D eigenvalue weighted by Crippen LogP contribution is 2.15. The van der Waals surface area contributed by atoms with Crippen LogP contribution in [0, 0.1) is 0 Å². The molecular formula is C9H14N2. The van der Waals surface area contributed by atoms with Gasteiger partial charge >= 0.3 is 0 Å². The van der Waals surface area contributed by atoms with Crippen molar-refractivity contribution in [2.75, 3.05) is 0 Å². The van der Waals surface area contributed by atoms with Crippen molar-refractivity contribution in [3.05, 3.63) is 23.5 Å². The molecule has 11 heavy (non-hydrogen) atoms. The summed E-state index contributed by atoms with van der Waals surface area (Å²) in [4.78, 5) is 3.28. The molecule has 0 aliphatic carbocycles. The monoisotopic (exact) mass is 150 g/mol. The molecule has 2 rings (SSSR count). The highest BCUT2D eigenvalue weighted by Gasteiger charge is 2.16. The summed E-state index contributed by atoms with van der Waals surface area (Å²) in [5.41, 5.74) is 2.87. The lowest BCUT2D eigenvalue weighted by Crippen LogP contribution is -2.34. The number of rotatable bonds is 1. The Morgan fingerprint density at radius 3 is 3.36 bits per heavy atom. The zero-order chi connectivity index (χ0) is 7.68. The second-order valence-corrected chi connectivity index (χ2v) is 3.17. The summed E-state index contributed by atoms with van der Waals surface area (Å²) in [7, 11) is 0. The van der Waals surface area contributed by atoms with Crippen molar-refractivity contribution in [1.82, 2.24) is 10.3 Å². The Morgan fingerprint density at radius 2 is 2.55 bits per heavy atom. The van der Waals surface area contributed by atoms with E-state index in [9.17, 15) is 0 Å². The van der Waals surface area contributed by atoms with Gasteiger partial charge in [-0.1, -0.05) is 6.92 Å². The molecule has 0 fully saturated rings. The Morgan fingerprint density at radius 1 is 1.64 bits per heavy atom. The summed E-state index contributed by atoms with van der Waals surface area (Å²) in [6, 6.07) is 2.84. The maximum Gasteiger partial charge on any atom is 0.0226 e. The molecule has 1 atom stereocenters. The van der Waals surface area contributed by atoms with E-state index in [1.165, 1.54) is 24.1 Å². The molecule has 2 heterocycles. The molecule has 2 N–H and O–H groups in total. The molecule has 0 saturated carbocycles. The van der Waals surface area contributed by atoms with E-state index in [0.717, 1.165) is 6.54 Å². The number of H-pyrrole nitrogens is 1. The first kappa shape index (κ1) is 6.92. The lowest BCUT2D eigenvalue weighted by atomic mass is 10.0. The summed E-state index contributed by atoms with van der Waals surface area (Å²) >= 11 is 0. The van der Waals surface area contributed by atoms with Gasteiger partial charge in [-0.25, -0.2) is 0 Å². The van der Waals surface area contributed by atoms with Crippen LogP contribution in [0.5, 0.6) is 0 Å². The van der Waals surface area contributed by atoms with Gasteiger partial charge in [-0.2, -0.15) is 0 Å². The Labute approximate surface area is 67.0 Å². The van der Waals surface area contributed by atoms with Crippen LogP contribution in [0.25, 0.3) is 0 Å². The zero-order valence-corrected chi connectivity index (χ0v) is 6.85. The highest BCUT2D eigenvalue weighted by atomic mass is 14.9. The minimum absolute atomic E-state index is 0.682. The van der Waals surface area contributed by atoms with Crippen molar-refractivity contribution in [3.63, 3.8) is 0 Å². The van der Waals surface area contributed by atoms with Crippen LogP contribution in [0.1, 0.15) is 24.6 Å². The van der Waals surface area contributed by atoms with Gasteiger partial charge in [0.25, 0.3) is 0 Å². The lowest BCUT2D eigenvalue weighted by Gasteiger charge is -2.22. The van der Waals surface area contributed by atoms with Crippen LogP contribution in [-0.2, 0) is 13.0 Å². The van der Waals surface area contributed by atoms with Gasteiger partial charge in [-0.3, -0.25) is 0 Å². The predicted molar refractivity (Wildman–Crippen MR) is 45.4 cm³/mol. The number of aromatic amines is 1. The van der Waals surface area contributed by atoms with E-state index >= 15 is 0 Å². The van der Waals surface area contributed by atoms with Gasteiger partial charge in [-0.15, -0.1) is 0 Å². The fourth-order valence-electron chi connectivity index (χ4n) is 1.65. The van der Waals surface area contributed by atoms with Crippen molar-refractivity contribution < 1.29 is 0 Å². The van der Waals surface area contributed by atoms with Crippen LogP contribution >= 0.6 is 0 Å². The van der Waals surface area contributed by atoms with E-state index in [1.807, 2.05) is 6.20 Å². The summed E-state index contributed by atoms with van der Waals surface area (Å²) < 4.78 is 0. The molecule has 2 nitrogen and oxygen atoms in total. The van der Waals surface area contributed by atoms with E-state index in [-0.39, 0.29) is 0 Å². The molecule has 2 heteroatoms. The Kier molecular flexibility index (Phi) is 1.70. The van der Waals surface area contributed by atoms with Crippen LogP contribution < -0.4 is 5.32 Å². The molecule has 1 aliphatic rings. The van der Waals surface area contributed by atoms with Crippen molar-refractivity contribution in [3.8, 4) is 0 Å². The Balaban J connectivity index is 2.18. The molecule has 60 valence electrons. The fourth-order valence-corrected chi connectivity index (χ4v) is 1.65. The second kappa shape index (κ2) is 2.70. The van der Waals surface area contributed by atoms with Crippen LogP contribution in [-0.4, -0.2) is 11.0 Å². The number of hydrogen-bond donors (Lipinski definition) is 2. The molecule has 0 bridgehead atoms. The third-order valence-corrected chi connectivity index (χ3v) is 2.45. The van der Waals surface area contributed by atoms with Gasteiger partial charge in [0.2, 0.25) is 0 Å². The molecular weight excluding hydrogens is 136 g/mol. The normalized spacial score (nSPS) is 23.2. The van der Waals surface area contributed by atoms with E-state index in [4.69, 9.17) is 0 Å². The maximum atomic E-state index is 3.49. The molecule has 0 amide bonds. The number of fused-ring (bicyclic) bond motifs is 1. The lowest BCUT2D eigenvalue weighted by molar-refractivity contribution is 0.464. The highest BCUT2D eigenvalue weighted by molar-refractivity contribution is 5.23. The minimum Gasteiger partial charge on any atom is -0.365 e. The average molecular weight is 150 g/mol. The number of aromatic nitrogens is 1. The van der Waals surface area contributed by atoms with E-state index < -0.39 is 0 Å². The number of nitrogens with one attached hydrogen (secondary N) is 2. The minimum atomic E-state index is 0.682. The standard InChI is InChI=1S/C9H14N2/c1-2-8-5-9-7(6-11-8)3-4-10-9/h3-4,8,10-11H,2,5-6H2,1H3. The van der Waals surface area contributed by atoms with Crippen molar-refractivity contribution >= 4 is 0 Å². The first-order chi connectivity index (χ1) is 5.40. The average Bonchev–Trinajstić information content (AvgIpc) is 2.50. The summed E-state index contributed by atoms with van der Waals surface area (Å²) in [6.07, 6.45) is 4.42. The fraction of sp³-hybridized carbons (Fsp3) is 0.556. The van der Waals surface area contributed by atoms with Gasteiger partial charge in [0.15, 0.2) is 0 Å². The molecule has 1 aromatic heterocycles. The van der Waals surface area contributed by atoms with Crippen molar-refractivity contribution in [2.24, 2.45) is 0 Å². The molecule has 1 aliphatic heterocycles. The summed E-state index contributed by atoms with van der Waals surface area (Å²) in [5.74, 6) is 0. The summed E-state index contributed by atoms with van der Waals surface area (Å²) in [6.45, 7) is 3.27. The smallest absolute Gasteiger partial charge is 0.0226 e. The van der Waals surface area contributed by atoms with E-state index in [1.54, 1.807) is 0 Å². The third kappa shape index (κ3) is 1.18. The van der Waals surface area contributed by atoms with Gasteiger partial charge in [0.05, 0.1) is 0 Å². The van der Waals surface area contributed by atoms with E-state index in [2.05, 4.69) is 23.3 Å². The van der Waals surface area contributed by atoms with Gasteiger partial charge < -0.3 is 10.3 Å². The van der Waals surface area contributed by atoms with E-state index in [0.29, 0.717) is 6.04 Å². The SMILES string of the molecule is CCC1Cc2[nH]ccc2CN1. The van der Waals surface area contributed by atoms with Crippen LogP contribution in [0.15, 0.2) is 12.3 Å². The van der Waals surface area contributed by atoms with Crippen LogP contribution in [0.2, 0.25) is 0 Å². The molecule has 0 radical (unpaired) electrons. The molecule has 1 unspecified atom stereocenters. The van der Waals surface area contributed by atoms with Gasteiger partial charge in [-0.05, 0) is 18.1 Å². The molecule has 1 aromatic rings. The zero-order valence-electron chi connectivity index (χ0n) is 6.85. The molecule has 0 spiro atoms. The Bertz CT molecular complexity index is 239. The van der Waals surface area contributed by atoms with Crippen molar-refractivity contribution in [1.29, 1.82) is 0 Å². The topological polar surface area (TPSA) is 27.8 Å². The second-order valence-electron chi connectivity index (χ2n) is 3.17. The first-order valence-corrected chi connectivity index (χ1v) is 4.28. The van der Waals surface area contributed by atoms with Crippen LogP contribution in [0.3, 0.4) is 0 Å². The quantitative estimate of drug-likeness (QED) is 0.623. The Hall–Kier alpha value is -0.760. The molecule has 0 aromatic carbocycles. The first-order valence-electron chi connectivity index (χ1n) is 4.28. The maximum absolute atomic E-state index is 3.49. The third-order valence-electron chi connectivity index (χ3n) is 2.45. The number of hydrogen-bond acceptors (Lipinski definition) is 1. The van der Waals surface area contributed by atoms with Crippen LogP contribution in [0.4, 0.5) is 0 Å². The molecule has 0 saturated heterocycles. The predicted octanol–water partition coefficient (Wildman–Crippen LogP) is 1.44. The summed E-state index contributed by atoms with van der Waals surface area (Å²) in [5, 5.41) is 3.49. The van der Waals surface area contributed by atoms with Gasteiger partial charge in [0, 0.05) is 30.9 Å². The van der Waals surface area contributed by atoms with Crippen molar-refractivity contribution in [2.45, 2.75) is 32.4 Å². The largest absolute Gasteiger partial charge is 0.365 e.